The molecule has 7 nitrogen and oxygen atoms in total. The summed E-state index contributed by atoms with van der Waals surface area (Å²) in [5.74, 6) is -0.837. The van der Waals surface area contributed by atoms with E-state index in [0.29, 0.717) is 29.1 Å². The number of benzene rings is 2. The van der Waals surface area contributed by atoms with Crippen molar-refractivity contribution < 1.29 is 22.7 Å². The molecule has 0 atom stereocenters. The molecule has 0 aliphatic carbocycles. The molecule has 146 valence electrons. The highest BCUT2D eigenvalue weighted by Crippen LogP contribution is 2.30. The minimum absolute atomic E-state index is 0.0104. The van der Waals surface area contributed by atoms with Crippen LogP contribution in [0.2, 0.25) is 5.02 Å². The Morgan fingerprint density at radius 3 is 2.61 bits per heavy atom. The van der Waals surface area contributed by atoms with Crippen LogP contribution in [-0.4, -0.2) is 36.8 Å². The van der Waals surface area contributed by atoms with Crippen molar-refractivity contribution in [3.8, 4) is 5.75 Å². The topological polar surface area (TPSA) is 99.9 Å². The summed E-state index contributed by atoms with van der Waals surface area (Å²) in [5.41, 5.74) is 0.480. The molecule has 1 amide bonds. The number of amides is 1. The van der Waals surface area contributed by atoms with Gasteiger partial charge in [-0.1, -0.05) is 11.6 Å². The number of phenolic OH excluding ortho intramolecular Hbond substituents is 1. The minimum atomic E-state index is -3.67. The normalized spacial score (nSPS) is 15.2. The van der Waals surface area contributed by atoms with Crippen LogP contribution in [0.1, 0.15) is 23.4 Å². The monoisotopic (exact) mass is 420 g/mol. The fraction of sp³-hybridized carbons (Fsp3) is 0.211. The summed E-state index contributed by atoms with van der Waals surface area (Å²) in [5, 5.41) is 13.7. The van der Waals surface area contributed by atoms with Crippen molar-refractivity contribution in [3.05, 3.63) is 53.2 Å². The highest BCUT2D eigenvalue weighted by atomic mass is 35.5. The molecule has 3 aromatic rings. The summed E-state index contributed by atoms with van der Waals surface area (Å²) >= 11 is 5.94. The predicted octanol–water partition coefficient (Wildman–Crippen LogP) is 3.83. The number of nitrogens with one attached hydrogen (secondary N) is 1. The number of carbonyl (C=O) groups excluding carboxylic acids is 1. The Hall–Kier alpha value is -2.55. The number of carbonyl (C=O) groups is 1. The van der Waals surface area contributed by atoms with Crippen molar-refractivity contribution in [2.24, 2.45) is 0 Å². The molecule has 2 N–H and O–H groups in total. The number of sulfonamides is 1. The number of hydrogen-bond donors (Lipinski definition) is 2. The van der Waals surface area contributed by atoms with Crippen molar-refractivity contribution in [1.29, 1.82) is 0 Å². The van der Waals surface area contributed by atoms with Crippen LogP contribution in [0.15, 0.2) is 51.8 Å². The lowest BCUT2D eigenvalue weighted by molar-refractivity contribution is 0.0998. The Morgan fingerprint density at radius 1 is 1.11 bits per heavy atom. The van der Waals surface area contributed by atoms with E-state index in [1.54, 1.807) is 18.2 Å². The van der Waals surface area contributed by atoms with Gasteiger partial charge in [-0.05, 0) is 55.3 Å². The van der Waals surface area contributed by atoms with Gasteiger partial charge in [0.2, 0.25) is 10.0 Å². The fourth-order valence-corrected chi connectivity index (χ4v) is 4.89. The van der Waals surface area contributed by atoms with E-state index in [1.807, 2.05) is 0 Å². The van der Waals surface area contributed by atoms with Crippen molar-refractivity contribution >= 4 is 44.2 Å². The van der Waals surface area contributed by atoms with Gasteiger partial charge in [0.25, 0.3) is 5.91 Å². The molecule has 0 radical (unpaired) electrons. The summed E-state index contributed by atoms with van der Waals surface area (Å²) in [4.78, 5) is 12.5. The Labute approximate surface area is 166 Å². The van der Waals surface area contributed by atoms with Gasteiger partial charge in [-0.25, -0.2) is 8.42 Å². The summed E-state index contributed by atoms with van der Waals surface area (Å²) < 4.78 is 32.3. The molecule has 1 fully saturated rings. The Morgan fingerprint density at radius 2 is 1.86 bits per heavy atom. The van der Waals surface area contributed by atoms with Gasteiger partial charge in [0, 0.05) is 23.5 Å². The van der Waals surface area contributed by atoms with Crippen LogP contribution in [0.5, 0.6) is 5.75 Å². The van der Waals surface area contributed by atoms with Crippen LogP contribution in [0.4, 0.5) is 5.69 Å². The minimum Gasteiger partial charge on any atom is -0.506 e. The number of nitrogens with zero attached hydrogens (tertiary/aromatic N) is 1. The third kappa shape index (κ3) is 3.46. The van der Waals surface area contributed by atoms with E-state index in [0.717, 1.165) is 12.8 Å². The lowest BCUT2D eigenvalue weighted by Gasteiger charge is -2.16. The zero-order chi connectivity index (χ0) is 19.9. The molecule has 9 heteroatoms. The first-order chi connectivity index (χ1) is 13.3. The number of halogens is 1. The van der Waals surface area contributed by atoms with Gasteiger partial charge >= 0.3 is 0 Å². The highest BCUT2D eigenvalue weighted by molar-refractivity contribution is 7.89. The summed E-state index contributed by atoms with van der Waals surface area (Å²) in [6, 6.07) is 10.3. The molecule has 1 saturated heterocycles. The number of hydrogen-bond acceptors (Lipinski definition) is 5. The summed E-state index contributed by atoms with van der Waals surface area (Å²) in [6.07, 6.45) is 1.63. The summed E-state index contributed by atoms with van der Waals surface area (Å²) in [6.45, 7) is 0.929. The van der Waals surface area contributed by atoms with E-state index < -0.39 is 15.9 Å². The lowest BCUT2D eigenvalue weighted by Crippen LogP contribution is -2.27. The zero-order valence-corrected chi connectivity index (χ0v) is 16.3. The van der Waals surface area contributed by atoms with Gasteiger partial charge in [0.1, 0.15) is 11.3 Å². The van der Waals surface area contributed by atoms with E-state index in [4.69, 9.17) is 16.0 Å². The maximum absolute atomic E-state index is 12.7. The number of phenols is 1. The standard InChI is InChI=1S/C19H17ClN2O5S/c20-13-3-6-17-12(9-13)10-18(27-17)19(24)21-15-11-14(4-5-16(15)23)28(25,26)22-7-1-2-8-22/h3-6,9-11,23H,1-2,7-8H2,(H,21,24). The van der Waals surface area contributed by atoms with Crippen LogP contribution < -0.4 is 5.32 Å². The maximum atomic E-state index is 12.7. The molecule has 4 rings (SSSR count). The van der Waals surface area contributed by atoms with Crippen molar-refractivity contribution in [3.63, 3.8) is 0 Å². The average molecular weight is 421 g/mol. The first kappa shape index (κ1) is 18.8. The van der Waals surface area contributed by atoms with Gasteiger partial charge in [-0.3, -0.25) is 4.79 Å². The van der Waals surface area contributed by atoms with Gasteiger partial charge in [-0.2, -0.15) is 4.31 Å². The number of furan rings is 1. The molecule has 28 heavy (non-hydrogen) atoms. The molecule has 1 aliphatic heterocycles. The van der Waals surface area contributed by atoms with E-state index in [2.05, 4.69) is 5.32 Å². The van der Waals surface area contributed by atoms with Crippen LogP contribution >= 0.6 is 11.6 Å². The second-order valence-electron chi connectivity index (χ2n) is 6.54. The van der Waals surface area contributed by atoms with Crippen LogP contribution in [-0.2, 0) is 10.0 Å². The second-order valence-corrected chi connectivity index (χ2v) is 8.91. The van der Waals surface area contributed by atoms with Crippen molar-refractivity contribution in [1.82, 2.24) is 4.31 Å². The number of rotatable bonds is 4. The van der Waals surface area contributed by atoms with Crippen LogP contribution in [0.3, 0.4) is 0 Å². The van der Waals surface area contributed by atoms with E-state index in [-0.39, 0.29) is 22.1 Å². The summed E-state index contributed by atoms with van der Waals surface area (Å²) in [7, 11) is -3.67. The number of anilines is 1. The molecular weight excluding hydrogens is 404 g/mol. The number of fused-ring (bicyclic) bond motifs is 1. The molecule has 0 spiro atoms. The number of aromatic hydroxyl groups is 1. The van der Waals surface area contributed by atoms with E-state index in [9.17, 15) is 18.3 Å². The molecule has 2 heterocycles. The molecule has 2 aromatic carbocycles. The van der Waals surface area contributed by atoms with Crippen LogP contribution in [0.25, 0.3) is 11.0 Å². The highest BCUT2D eigenvalue weighted by Gasteiger charge is 2.28. The van der Waals surface area contributed by atoms with Crippen LogP contribution in [0, 0.1) is 0 Å². The third-order valence-corrected chi connectivity index (χ3v) is 6.75. The van der Waals surface area contributed by atoms with Gasteiger partial charge in [0.05, 0.1) is 10.6 Å². The second kappa shape index (κ2) is 7.12. The quantitative estimate of drug-likeness (QED) is 0.625. The molecule has 0 saturated carbocycles. The molecule has 0 bridgehead atoms. The molecule has 0 unspecified atom stereocenters. The zero-order valence-electron chi connectivity index (χ0n) is 14.7. The fourth-order valence-electron chi connectivity index (χ4n) is 3.16. The van der Waals surface area contributed by atoms with Gasteiger partial charge in [0.15, 0.2) is 5.76 Å². The van der Waals surface area contributed by atoms with Crippen molar-refractivity contribution in [2.75, 3.05) is 18.4 Å². The first-order valence-corrected chi connectivity index (χ1v) is 10.5. The molecular formula is C19H17ClN2O5S. The maximum Gasteiger partial charge on any atom is 0.291 e. The third-order valence-electron chi connectivity index (χ3n) is 4.62. The van der Waals surface area contributed by atoms with E-state index >= 15 is 0 Å². The van der Waals surface area contributed by atoms with Crippen molar-refractivity contribution in [2.45, 2.75) is 17.7 Å². The Kier molecular flexibility index (Phi) is 4.78. The Bertz CT molecular complexity index is 1170. The van der Waals surface area contributed by atoms with Gasteiger partial charge in [-0.15, -0.1) is 0 Å². The predicted molar refractivity (Wildman–Crippen MR) is 105 cm³/mol. The smallest absolute Gasteiger partial charge is 0.291 e. The molecule has 1 aliphatic rings. The Balaban J connectivity index is 1.62. The molecule has 1 aromatic heterocycles. The van der Waals surface area contributed by atoms with Gasteiger partial charge < -0.3 is 14.8 Å². The lowest BCUT2D eigenvalue weighted by atomic mass is 10.2. The average Bonchev–Trinajstić information content (AvgIpc) is 3.32. The van der Waals surface area contributed by atoms with E-state index in [1.165, 1.54) is 28.6 Å². The first-order valence-electron chi connectivity index (χ1n) is 8.68. The largest absolute Gasteiger partial charge is 0.506 e. The SMILES string of the molecule is O=C(Nc1cc(S(=O)(=O)N2CCCC2)ccc1O)c1cc2cc(Cl)ccc2o1.